The fourth-order valence-corrected chi connectivity index (χ4v) is 2.15. The van der Waals surface area contributed by atoms with Crippen molar-refractivity contribution >= 4 is 0 Å². The van der Waals surface area contributed by atoms with Gasteiger partial charge in [0.1, 0.15) is 0 Å². The van der Waals surface area contributed by atoms with Crippen LogP contribution in [0.4, 0.5) is 0 Å². The van der Waals surface area contributed by atoms with Crippen molar-refractivity contribution in [3.05, 3.63) is 35.4 Å². The summed E-state index contributed by atoms with van der Waals surface area (Å²) < 4.78 is 5.73. The van der Waals surface area contributed by atoms with E-state index < -0.39 is 0 Å². The highest BCUT2D eigenvalue weighted by molar-refractivity contribution is 5.21. The van der Waals surface area contributed by atoms with E-state index >= 15 is 0 Å². The number of piperidine rings is 1. The third-order valence-corrected chi connectivity index (χ3v) is 3.23. The Bertz CT molecular complexity index is 317. The van der Waals surface area contributed by atoms with Gasteiger partial charge in [0.05, 0.1) is 19.8 Å². The Kier molecular flexibility index (Phi) is 4.98. The van der Waals surface area contributed by atoms with Crippen LogP contribution in [-0.2, 0) is 18.0 Å². The van der Waals surface area contributed by atoms with E-state index in [0.717, 1.165) is 25.3 Å². The van der Waals surface area contributed by atoms with Gasteiger partial charge in [-0.25, -0.2) is 0 Å². The van der Waals surface area contributed by atoms with Crippen LogP contribution in [0.25, 0.3) is 0 Å². The number of nitrogens with one attached hydrogen (secondary N) is 1. The minimum atomic E-state index is 0.106. The molecule has 1 aromatic carbocycles. The zero-order chi connectivity index (χ0) is 11.9. The maximum Gasteiger partial charge on any atom is 0.0717 e. The molecular weight excluding hydrogens is 214 g/mol. The van der Waals surface area contributed by atoms with Gasteiger partial charge in [-0.2, -0.15) is 0 Å². The van der Waals surface area contributed by atoms with Crippen LogP contribution in [0, 0.1) is 5.92 Å². The van der Waals surface area contributed by atoms with E-state index in [1.54, 1.807) is 0 Å². The largest absolute Gasteiger partial charge is 0.392 e. The van der Waals surface area contributed by atoms with Gasteiger partial charge in [-0.15, -0.1) is 0 Å². The second kappa shape index (κ2) is 6.74. The molecule has 3 nitrogen and oxygen atoms in total. The number of hydrogen-bond acceptors (Lipinski definition) is 3. The van der Waals surface area contributed by atoms with Gasteiger partial charge in [-0.3, -0.25) is 0 Å². The first kappa shape index (κ1) is 12.6. The molecule has 2 rings (SSSR count). The number of benzene rings is 1. The van der Waals surface area contributed by atoms with E-state index in [1.165, 1.54) is 18.4 Å². The molecule has 0 aromatic heterocycles. The molecule has 0 amide bonds. The second-order valence-corrected chi connectivity index (χ2v) is 4.70. The lowest BCUT2D eigenvalue weighted by Crippen LogP contribution is -2.32. The quantitative estimate of drug-likeness (QED) is 0.816. The van der Waals surface area contributed by atoms with Crippen LogP contribution >= 0.6 is 0 Å². The van der Waals surface area contributed by atoms with Gasteiger partial charge in [0.25, 0.3) is 0 Å². The van der Waals surface area contributed by atoms with Crippen molar-refractivity contribution in [2.75, 3.05) is 19.7 Å². The molecule has 94 valence electrons. The van der Waals surface area contributed by atoms with Crippen molar-refractivity contribution in [3.8, 4) is 0 Å². The smallest absolute Gasteiger partial charge is 0.0717 e. The summed E-state index contributed by atoms with van der Waals surface area (Å²) in [5, 5.41) is 12.3. The zero-order valence-corrected chi connectivity index (χ0v) is 10.2. The van der Waals surface area contributed by atoms with Gasteiger partial charge in [0, 0.05) is 6.54 Å². The van der Waals surface area contributed by atoms with Crippen molar-refractivity contribution in [2.45, 2.75) is 26.1 Å². The third-order valence-electron chi connectivity index (χ3n) is 3.23. The van der Waals surface area contributed by atoms with Crippen LogP contribution in [0.15, 0.2) is 24.3 Å². The standard InChI is InChI=1S/C14H21NO2/c16-9-12-3-5-13(6-4-12)10-17-11-14-2-1-7-15-8-14/h3-6,14-16H,1-2,7-11H2. The number of aliphatic hydroxyl groups is 1. The highest BCUT2D eigenvalue weighted by atomic mass is 16.5. The summed E-state index contributed by atoms with van der Waals surface area (Å²) in [6.45, 7) is 3.86. The summed E-state index contributed by atoms with van der Waals surface area (Å²) in [6, 6.07) is 7.93. The maximum absolute atomic E-state index is 8.94. The van der Waals surface area contributed by atoms with Crippen LogP contribution in [0.5, 0.6) is 0 Å². The number of rotatable bonds is 5. The summed E-state index contributed by atoms with van der Waals surface area (Å²) in [5.74, 6) is 0.667. The Morgan fingerprint density at radius 3 is 2.65 bits per heavy atom. The van der Waals surface area contributed by atoms with Gasteiger partial charge in [0.15, 0.2) is 0 Å². The normalized spacial score (nSPS) is 20.4. The molecule has 0 radical (unpaired) electrons. The molecule has 1 aliphatic heterocycles. The fourth-order valence-electron chi connectivity index (χ4n) is 2.15. The first-order chi connectivity index (χ1) is 8.38. The number of ether oxygens (including phenoxy) is 1. The molecule has 0 saturated carbocycles. The van der Waals surface area contributed by atoms with Crippen LogP contribution in [0.3, 0.4) is 0 Å². The molecular formula is C14H21NO2. The van der Waals surface area contributed by atoms with Crippen molar-refractivity contribution in [1.29, 1.82) is 0 Å². The molecule has 2 N–H and O–H groups in total. The van der Waals surface area contributed by atoms with Crippen LogP contribution < -0.4 is 5.32 Å². The summed E-state index contributed by atoms with van der Waals surface area (Å²) in [5.41, 5.74) is 2.12. The fraction of sp³-hybridized carbons (Fsp3) is 0.571. The van der Waals surface area contributed by atoms with E-state index in [2.05, 4.69) is 5.32 Å². The minimum absolute atomic E-state index is 0.106. The van der Waals surface area contributed by atoms with E-state index in [9.17, 15) is 0 Å². The van der Waals surface area contributed by atoms with Crippen LogP contribution in [0.2, 0.25) is 0 Å². The molecule has 1 unspecified atom stereocenters. The Morgan fingerprint density at radius 2 is 2.00 bits per heavy atom. The number of aliphatic hydroxyl groups excluding tert-OH is 1. The molecule has 0 bridgehead atoms. The van der Waals surface area contributed by atoms with E-state index in [0.29, 0.717) is 12.5 Å². The Labute approximate surface area is 103 Å². The molecule has 0 aliphatic carbocycles. The zero-order valence-electron chi connectivity index (χ0n) is 10.2. The Balaban J connectivity index is 1.69. The average molecular weight is 235 g/mol. The second-order valence-electron chi connectivity index (χ2n) is 4.70. The Hall–Kier alpha value is -0.900. The third kappa shape index (κ3) is 4.11. The first-order valence-corrected chi connectivity index (χ1v) is 6.35. The molecule has 17 heavy (non-hydrogen) atoms. The SMILES string of the molecule is OCc1ccc(COCC2CCCNC2)cc1. The van der Waals surface area contributed by atoms with Crippen molar-refractivity contribution < 1.29 is 9.84 Å². The lowest BCUT2D eigenvalue weighted by molar-refractivity contribution is 0.0783. The Morgan fingerprint density at radius 1 is 1.24 bits per heavy atom. The van der Waals surface area contributed by atoms with Crippen molar-refractivity contribution in [2.24, 2.45) is 5.92 Å². The highest BCUT2D eigenvalue weighted by Gasteiger charge is 2.12. The van der Waals surface area contributed by atoms with Gasteiger partial charge < -0.3 is 15.2 Å². The molecule has 1 atom stereocenters. The monoisotopic (exact) mass is 235 g/mol. The molecule has 1 fully saturated rings. The summed E-state index contributed by atoms with van der Waals surface area (Å²) in [6.07, 6.45) is 2.54. The maximum atomic E-state index is 8.94. The van der Waals surface area contributed by atoms with E-state index in [-0.39, 0.29) is 6.61 Å². The van der Waals surface area contributed by atoms with Gasteiger partial charge in [-0.1, -0.05) is 24.3 Å². The molecule has 1 saturated heterocycles. The summed E-state index contributed by atoms with van der Waals surface area (Å²) in [7, 11) is 0. The lowest BCUT2D eigenvalue weighted by atomic mass is 10.0. The summed E-state index contributed by atoms with van der Waals surface area (Å²) >= 11 is 0. The van der Waals surface area contributed by atoms with Crippen LogP contribution in [0.1, 0.15) is 24.0 Å². The van der Waals surface area contributed by atoms with E-state index in [4.69, 9.17) is 9.84 Å². The van der Waals surface area contributed by atoms with Crippen LogP contribution in [-0.4, -0.2) is 24.8 Å². The van der Waals surface area contributed by atoms with Gasteiger partial charge in [0.2, 0.25) is 0 Å². The highest BCUT2D eigenvalue weighted by Crippen LogP contribution is 2.12. The predicted molar refractivity (Wildman–Crippen MR) is 67.6 cm³/mol. The van der Waals surface area contributed by atoms with Crippen molar-refractivity contribution in [1.82, 2.24) is 5.32 Å². The van der Waals surface area contributed by atoms with Crippen molar-refractivity contribution in [3.63, 3.8) is 0 Å². The van der Waals surface area contributed by atoms with E-state index in [1.807, 2.05) is 24.3 Å². The first-order valence-electron chi connectivity index (χ1n) is 6.35. The molecule has 1 aromatic rings. The average Bonchev–Trinajstić information content (AvgIpc) is 2.41. The molecule has 3 heteroatoms. The lowest BCUT2D eigenvalue weighted by Gasteiger charge is -2.22. The molecule has 1 heterocycles. The predicted octanol–water partition coefficient (Wildman–Crippen LogP) is 1.70. The topological polar surface area (TPSA) is 41.5 Å². The van der Waals surface area contributed by atoms with Gasteiger partial charge >= 0.3 is 0 Å². The summed E-state index contributed by atoms with van der Waals surface area (Å²) in [4.78, 5) is 0. The van der Waals surface area contributed by atoms with Gasteiger partial charge in [-0.05, 0) is 36.4 Å². The number of hydrogen-bond donors (Lipinski definition) is 2. The minimum Gasteiger partial charge on any atom is -0.392 e. The molecule has 0 spiro atoms. The molecule has 1 aliphatic rings.